The van der Waals surface area contributed by atoms with Gasteiger partial charge >= 0.3 is 6.03 Å². The minimum absolute atomic E-state index is 0.194. The maximum Gasteiger partial charge on any atom is 0.315 e. The van der Waals surface area contributed by atoms with E-state index in [9.17, 15) is 9.90 Å². The zero-order chi connectivity index (χ0) is 17.5. The highest BCUT2D eigenvalue weighted by molar-refractivity contribution is 5.74. The number of nitrogens with zero attached hydrogens (tertiary/aromatic N) is 2. The minimum atomic E-state index is -0.736. The Morgan fingerprint density at radius 1 is 1.42 bits per heavy atom. The summed E-state index contributed by atoms with van der Waals surface area (Å²) in [6, 6.07) is 2.96. The van der Waals surface area contributed by atoms with Crippen molar-refractivity contribution in [1.82, 2.24) is 20.2 Å². The summed E-state index contributed by atoms with van der Waals surface area (Å²) in [5.74, 6) is 1.83. The molecule has 2 atom stereocenters. The molecule has 2 unspecified atom stereocenters. The topological polar surface area (TPSA) is 92.3 Å². The van der Waals surface area contributed by atoms with Gasteiger partial charge in [-0.1, -0.05) is 13.8 Å². The first-order chi connectivity index (χ1) is 11.5. The molecule has 0 spiro atoms. The van der Waals surface area contributed by atoms with Crippen LogP contribution in [-0.2, 0) is 13.1 Å². The maximum absolute atomic E-state index is 12.0. The molecule has 0 aromatic carbocycles. The molecular weight excluding hydrogens is 308 g/mol. The van der Waals surface area contributed by atoms with Crippen molar-refractivity contribution in [2.75, 3.05) is 0 Å². The van der Waals surface area contributed by atoms with Gasteiger partial charge in [0.1, 0.15) is 17.7 Å². The maximum atomic E-state index is 12.0. The van der Waals surface area contributed by atoms with Gasteiger partial charge < -0.3 is 24.7 Å². The van der Waals surface area contributed by atoms with Gasteiger partial charge in [0, 0.05) is 31.4 Å². The molecule has 0 aliphatic heterocycles. The Labute approximate surface area is 142 Å². The van der Waals surface area contributed by atoms with Gasteiger partial charge in [-0.25, -0.2) is 9.78 Å². The quantitative estimate of drug-likeness (QED) is 0.691. The highest BCUT2D eigenvalue weighted by atomic mass is 16.4. The number of urea groups is 1. The first-order valence-electron chi connectivity index (χ1n) is 8.21. The number of hydrogen-bond donors (Lipinski definition) is 3. The van der Waals surface area contributed by atoms with Crippen molar-refractivity contribution >= 4 is 6.03 Å². The van der Waals surface area contributed by atoms with E-state index in [2.05, 4.69) is 29.5 Å². The molecule has 2 heterocycles. The number of aromatic nitrogens is 2. The van der Waals surface area contributed by atoms with Crippen LogP contribution in [0.3, 0.4) is 0 Å². The molecule has 7 heteroatoms. The van der Waals surface area contributed by atoms with E-state index in [0.29, 0.717) is 24.6 Å². The first kappa shape index (κ1) is 18.1. The van der Waals surface area contributed by atoms with Gasteiger partial charge in [-0.3, -0.25) is 0 Å². The van der Waals surface area contributed by atoms with Crippen molar-refractivity contribution in [2.45, 2.75) is 52.4 Å². The standard InChI is InChI=1S/C17H26N4O3/c1-12(2)11-21-7-6-18-16(21)10-19-17(23)20-13(3)9-14(22)15-5-4-8-24-15/h4-8,12-14,22H,9-11H2,1-3H3,(H2,19,20,23). The fraction of sp³-hybridized carbons (Fsp3) is 0.529. The zero-order valence-corrected chi connectivity index (χ0v) is 14.4. The Morgan fingerprint density at radius 3 is 2.88 bits per heavy atom. The highest BCUT2D eigenvalue weighted by Crippen LogP contribution is 2.18. The monoisotopic (exact) mass is 334 g/mol. The van der Waals surface area contributed by atoms with Gasteiger partial charge in [0.25, 0.3) is 0 Å². The van der Waals surface area contributed by atoms with Crippen molar-refractivity contribution in [1.29, 1.82) is 0 Å². The predicted octanol–water partition coefficient (Wildman–Crippen LogP) is 2.44. The normalized spacial score (nSPS) is 13.7. The van der Waals surface area contributed by atoms with Crippen LogP contribution >= 0.6 is 0 Å². The van der Waals surface area contributed by atoms with E-state index in [-0.39, 0.29) is 12.1 Å². The summed E-state index contributed by atoms with van der Waals surface area (Å²) in [4.78, 5) is 16.3. The van der Waals surface area contributed by atoms with Crippen LogP contribution in [0.2, 0.25) is 0 Å². The van der Waals surface area contributed by atoms with E-state index in [1.54, 1.807) is 18.3 Å². The molecule has 2 aromatic heterocycles. The molecule has 0 aliphatic rings. The van der Waals surface area contributed by atoms with Crippen LogP contribution in [-0.4, -0.2) is 26.7 Å². The average molecular weight is 334 g/mol. The molecule has 0 saturated heterocycles. The van der Waals surface area contributed by atoms with Crippen LogP contribution in [0.4, 0.5) is 4.79 Å². The lowest BCUT2D eigenvalue weighted by molar-refractivity contribution is 0.129. The third kappa shape index (κ3) is 5.42. The Balaban J connectivity index is 1.76. The summed E-state index contributed by atoms with van der Waals surface area (Å²) in [6.45, 7) is 7.33. The molecule has 0 radical (unpaired) electrons. The molecule has 2 aromatic rings. The summed E-state index contributed by atoms with van der Waals surface area (Å²) in [6.07, 6.45) is 4.81. The largest absolute Gasteiger partial charge is 0.467 e. The molecule has 2 rings (SSSR count). The second-order valence-corrected chi connectivity index (χ2v) is 6.38. The molecule has 24 heavy (non-hydrogen) atoms. The Hall–Kier alpha value is -2.28. The summed E-state index contributed by atoms with van der Waals surface area (Å²) in [5, 5.41) is 15.6. The SMILES string of the molecule is CC(C)Cn1ccnc1CNC(=O)NC(C)CC(O)c1ccco1. The van der Waals surface area contributed by atoms with Gasteiger partial charge in [0.15, 0.2) is 0 Å². The van der Waals surface area contributed by atoms with Crippen molar-refractivity contribution in [3.8, 4) is 0 Å². The molecule has 0 fully saturated rings. The number of amides is 2. The van der Waals surface area contributed by atoms with Gasteiger partial charge in [0.2, 0.25) is 0 Å². The van der Waals surface area contributed by atoms with Crippen LogP contribution < -0.4 is 10.6 Å². The zero-order valence-electron chi connectivity index (χ0n) is 14.4. The Kier molecular flexibility index (Phi) is 6.43. The van der Waals surface area contributed by atoms with Gasteiger partial charge in [-0.2, -0.15) is 0 Å². The fourth-order valence-electron chi connectivity index (χ4n) is 2.49. The lowest BCUT2D eigenvalue weighted by atomic mass is 10.1. The Bertz CT molecular complexity index is 622. The van der Waals surface area contributed by atoms with Gasteiger partial charge in [-0.15, -0.1) is 0 Å². The van der Waals surface area contributed by atoms with Crippen molar-refractivity contribution in [2.24, 2.45) is 5.92 Å². The Morgan fingerprint density at radius 2 is 2.21 bits per heavy atom. The van der Waals surface area contributed by atoms with Crippen LogP contribution in [0.25, 0.3) is 0 Å². The van der Waals surface area contributed by atoms with Crippen LogP contribution in [0, 0.1) is 5.92 Å². The number of rotatable bonds is 8. The second kappa shape index (κ2) is 8.54. The molecule has 3 N–H and O–H groups in total. The van der Waals surface area contributed by atoms with Crippen LogP contribution in [0.15, 0.2) is 35.2 Å². The number of carbonyl (C=O) groups excluding carboxylic acids is 1. The number of carbonyl (C=O) groups is 1. The van der Waals surface area contributed by atoms with Crippen molar-refractivity contribution in [3.63, 3.8) is 0 Å². The number of furan rings is 1. The minimum Gasteiger partial charge on any atom is -0.467 e. The smallest absolute Gasteiger partial charge is 0.315 e. The number of aliphatic hydroxyl groups is 1. The van der Waals surface area contributed by atoms with E-state index < -0.39 is 6.10 Å². The third-order valence-electron chi connectivity index (χ3n) is 3.60. The molecule has 0 aliphatic carbocycles. The molecule has 132 valence electrons. The average Bonchev–Trinajstić information content (AvgIpc) is 3.15. The highest BCUT2D eigenvalue weighted by Gasteiger charge is 2.16. The molecule has 0 bridgehead atoms. The van der Waals surface area contributed by atoms with Gasteiger partial charge in [-0.05, 0) is 25.0 Å². The second-order valence-electron chi connectivity index (χ2n) is 6.38. The third-order valence-corrected chi connectivity index (χ3v) is 3.60. The first-order valence-corrected chi connectivity index (χ1v) is 8.21. The van der Waals surface area contributed by atoms with Crippen LogP contribution in [0.1, 0.15) is 44.9 Å². The summed E-state index contributed by atoms with van der Waals surface area (Å²) in [5.41, 5.74) is 0. The van der Waals surface area contributed by atoms with Gasteiger partial charge in [0.05, 0.1) is 12.8 Å². The molecule has 7 nitrogen and oxygen atoms in total. The van der Waals surface area contributed by atoms with Crippen molar-refractivity contribution < 1.29 is 14.3 Å². The lowest BCUT2D eigenvalue weighted by Crippen LogP contribution is -2.41. The molecule has 2 amide bonds. The van der Waals surface area contributed by atoms with Crippen LogP contribution in [0.5, 0.6) is 0 Å². The predicted molar refractivity (Wildman–Crippen MR) is 90.2 cm³/mol. The van der Waals surface area contributed by atoms with E-state index in [1.807, 2.05) is 17.7 Å². The molecular formula is C17H26N4O3. The summed E-state index contributed by atoms with van der Waals surface area (Å²) < 4.78 is 7.19. The number of imidazole rings is 1. The lowest BCUT2D eigenvalue weighted by Gasteiger charge is -2.17. The van der Waals surface area contributed by atoms with E-state index in [4.69, 9.17) is 4.42 Å². The van der Waals surface area contributed by atoms with E-state index in [0.717, 1.165) is 12.4 Å². The number of nitrogens with one attached hydrogen (secondary N) is 2. The number of hydrogen-bond acceptors (Lipinski definition) is 4. The van der Waals surface area contributed by atoms with Crippen molar-refractivity contribution in [3.05, 3.63) is 42.4 Å². The summed E-state index contributed by atoms with van der Waals surface area (Å²) >= 11 is 0. The molecule has 0 saturated carbocycles. The fourth-order valence-corrected chi connectivity index (χ4v) is 2.49. The van der Waals surface area contributed by atoms with E-state index in [1.165, 1.54) is 6.26 Å². The van der Waals surface area contributed by atoms with E-state index >= 15 is 0 Å². The number of aliphatic hydroxyl groups excluding tert-OH is 1. The summed E-state index contributed by atoms with van der Waals surface area (Å²) in [7, 11) is 0.